The van der Waals surface area contributed by atoms with Gasteiger partial charge in [0.25, 0.3) is 0 Å². The number of hydrogen-bond donors (Lipinski definition) is 1. The lowest BCUT2D eigenvalue weighted by atomic mass is 9.68. The zero-order valence-electron chi connectivity index (χ0n) is 10.6. The van der Waals surface area contributed by atoms with Crippen LogP contribution in [0.25, 0.3) is 0 Å². The molecule has 3 heteroatoms. The second-order valence-electron chi connectivity index (χ2n) is 6.47. The Morgan fingerprint density at radius 1 is 1.44 bits per heavy atom. The Labute approximate surface area is 103 Å². The zero-order chi connectivity index (χ0) is 12.1. The number of carbonyl (C=O) groups excluding carboxylic acids is 1. The molecule has 0 aliphatic heterocycles. The summed E-state index contributed by atoms with van der Waals surface area (Å²) >= 11 is 5.84. The molecule has 1 amide bonds. The van der Waals surface area contributed by atoms with Gasteiger partial charge in [-0.1, -0.05) is 20.8 Å². The predicted molar refractivity (Wildman–Crippen MR) is 66.5 cm³/mol. The van der Waals surface area contributed by atoms with Crippen molar-refractivity contribution in [2.45, 2.75) is 58.4 Å². The molecule has 0 saturated heterocycles. The van der Waals surface area contributed by atoms with Gasteiger partial charge in [-0.15, -0.1) is 11.6 Å². The summed E-state index contributed by atoms with van der Waals surface area (Å²) in [5, 5.41) is 2.74. The van der Waals surface area contributed by atoms with E-state index in [1.807, 2.05) is 0 Å². The largest absolute Gasteiger partial charge is 0.351 e. The molecule has 2 saturated carbocycles. The van der Waals surface area contributed by atoms with Crippen molar-refractivity contribution < 1.29 is 4.79 Å². The van der Waals surface area contributed by atoms with Gasteiger partial charge in [0, 0.05) is 6.04 Å². The van der Waals surface area contributed by atoms with Gasteiger partial charge >= 0.3 is 0 Å². The zero-order valence-corrected chi connectivity index (χ0v) is 11.4. The normalized spacial score (nSPS) is 42.1. The summed E-state index contributed by atoms with van der Waals surface area (Å²) in [5.74, 6) is 0.738. The van der Waals surface area contributed by atoms with Crippen LogP contribution in [0.1, 0.15) is 47.0 Å². The van der Waals surface area contributed by atoms with Gasteiger partial charge in [0.1, 0.15) is 5.38 Å². The molecule has 4 atom stereocenters. The van der Waals surface area contributed by atoms with Gasteiger partial charge in [0.2, 0.25) is 5.91 Å². The lowest BCUT2D eigenvalue weighted by molar-refractivity contribution is -0.123. The van der Waals surface area contributed by atoms with Gasteiger partial charge in [-0.05, 0) is 42.9 Å². The summed E-state index contributed by atoms with van der Waals surface area (Å²) in [6, 6.07) is 0.285. The Hall–Kier alpha value is -0.240. The molecular formula is C13H22ClNO. The van der Waals surface area contributed by atoms with Crippen LogP contribution in [-0.4, -0.2) is 17.3 Å². The maximum Gasteiger partial charge on any atom is 0.238 e. The van der Waals surface area contributed by atoms with Crippen LogP contribution in [0.5, 0.6) is 0 Å². The van der Waals surface area contributed by atoms with Crippen LogP contribution >= 0.6 is 11.6 Å². The van der Waals surface area contributed by atoms with E-state index in [0.717, 1.165) is 5.92 Å². The molecule has 0 spiro atoms. The first-order valence-corrected chi connectivity index (χ1v) is 6.65. The van der Waals surface area contributed by atoms with Crippen LogP contribution in [0.3, 0.4) is 0 Å². The van der Waals surface area contributed by atoms with Gasteiger partial charge in [-0.25, -0.2) is 0 Å². The van der Waals surface area contributed by atoms with Gasteiger partial charge < -0.3 is 5.32 Å². The highest BCUT2D eigenvalue weighted by molar-refractivity contribution is 6.30. The van der Waals surface area contributed by atoms with Crippen LogP contribution in [-0.2, 0) is 4.79 Å². The van der Waals surface area contributed by atoms with E-state index in [-0.39, 0.29) is 22.8 Å². The first-order valence-electron chi connectivity index (χ1n) is 6.22. The monoisotopic (exact) mass is 243 g/mol. The maximum atomic E-state index is 11.8. The maximum absolute atomic E-state index is 11.8. The lowest BCUT2D eigenvalue weighted by Gasteiger charge is -2.43. The Kier molecular flexibility index (Phi) is 2.77. The van der Waals surface area contributed by atoms with Crippen LogP contribution in [0, 0.1) is 16.7 Å². The number of halogens is 1. The third-order valence-corrected chi connectivity index (χ3v) is 5.12. The first-order chi connectivity index (χ1) is 7.27. The highest BCUT2D eigenvalue weighted by atomic mass is 35.5. The predicted octanol–water partition coefficient (Wildman–Crippen LogP) is 2.94. The molecule has 2 bridgehead atoms. The Bertz CT molecular complexity index is 308. The number of amides is 1. The number of alkyl halides is 1. The Morgan fingerprint density at radius 3 is 2.50 bits per heavy atom. The second-order valence-corrected chi connectivity index (χ2v) is 7.13. The van der Waals surface area contributed by atoms with Gasteiger partial charge in [0.05, 0.1) is 0 Å². The molecule has 0 heterocycles. The third-order valence-electron chi connectivity index (χ3n) is 4.92. The summed E-state index contributed by atoms with van der Waals surface area (Å²) in [7, 11) is 0. The fourth-order valence-corrected chi connectivity index (χ4v) is 3.98. The van der Waals surface area contributed by atoms with Crippen LogP contribution in [0.4, 0.5) is 0 Å². The molecule has 2 rings (SSSR count). The number of fused-ring (bicyclic) bond motifs is 2. The summed E-state index contributed by atoms with van der Waals surface area (Å²) < 4.78 is 0. The molecule has 16 heavy (non-hydrogen) atoms. The van der Waals surface area contributed by atoms with Crippen molar-refractivity contribution in [3.63, 3.8) is 0 Å². The van der Waals surface area contributed by atoms with E-state index < -0.39 is 5.38 Å². The molecule has 4 unspecified atom stereocenters. The third kappa shape index (κ3) is 1.66. The second kappa shape index (κ2) is 3.63. The van der Waals surface area contributed by atoms with Gasteiger partial charge in [-0.2, -0.15) is 0 Å². The molecule has 2 nitrogen and oxygen atoms in total. The molecule has 92 valence electrons. The quantitative estimate of drug-likeness (QED) is 0.743. The van der Waals surface area contributed by atoms with E-state index in [1.54, 1.807) is 6.92 Å². The SMILES string of the molecule is CC(Cl)C(=O)NC1C2(C)CCC(C2)C1(C)C. The van der Waals surface area contributed by atoms with Crippen molar-refractivity contribution in [3.8, 4) is 0 Å². The summed E-state index contributed by atoms with van der Waals surface area (Å²) in [6.45, 7) is 8.61. The topological polar surface area (TPSA) is 29.1 Å². The number of hydrogen-bond acceptors (Lipinski definition) is 1. The minimum atomic E-state index is -0.432. The molecule has 2 aliphatic carbocycles. The van der Waals surface area contributed by atoms with E-state index in [1.165, 1.54) is 19.3 Å². The fraction of sp³-hybridized carbons (Fsp3) is 0.923. The summed E-state index contributed by atoms with van der Waals surface area (Å²) in [6.07, 6.45) is 3.80. The van der Waals surface area contributed by atoms with Crippen molar-refractivity contribution in [1.82, 2.24) is 5.32 Å². The molecular weight excluding hydrogens is 222 g/mol. The van der Waals surface area contributed by atoms with Crippen LogP contribution in [0.15, 0.2) is 0 Å². The van der Waals surface area contributed by atoms with E-state index >= 15 is 0 Å². The Balaban J connectivity index is 2.17. The lowest BCUT2D eigenvalue weighted by Crippen LogP contribution is -2.53. The van der Waals surface area contributed by atoms with Crippen molar-refractivity contribution >= 4 is 17.5 Å². The van der Waals surface area contributed by atoms with Crippen molar-refractivity contribution in [2.24, 2.45) is 16.7 Å². The van der Waals surface area contributed by atoms with E-state index in [9.17, 15) is 4.79 Å². The van der Waals surface area contributed by atoms with Crippen LogP contribution < -0.4 is 5.32 Å². The van der Waals surface area contributed by atoms with Crippen LogP contribution in [0.2, 0.25) is 0 Å². The van der Waals surface area contributed by atoms with Crippen molar-refractivity contribution in [2.75, 3.05) is 0 Å². The number of carbonyl (C=O) groups is 1. The smallest absolute Gasteiger partial charge is 0.238 e. The highest BCUT2D eigenvalue weighted by Gasteiger charge is 2.59. The highest BCUT2D eigenvalue weighted by Crippen LogP contribution is 2.62. The first kappa shape index (κ1) is 12.2. The van der Waals surface area contributed by atoms with E-state index in [2.05, 4.69) is 26.1 Å². The minimum absolute atomic E-state index is 0.0199. The molecule has 0 aromatic rings. The summed E-state index contributed by atoms with van der Waals surface area (Å²) in [4.78, 5) is 11.8. The number of nitrogens with one attached hydrogen (secondary N) is 1. The van der Waals surface area contributed by atoms with E-state index in [0.29, 0.717) is 0 Å². The number of rotatable bonds is 2. The summed E-state index contributed by atoms with van der Waals surface area (Å²) in [5.41, 5.74) is 0.504. The van der Waals surface area contributed by atoms with E-state index in [4.69, 9.17) is 11.6 Å². The van der Waals surface area contributed by atoms with Gasteiger partial charge in [0.15, 0.2) is 0 Å². The molecule has 0 radical (unpaired) electrons. The van der Waals surface area contributed by atoms with Crippen molar-refractivity contribution in [3.05, 3.63) is 0 Å². The average Bonchev–Trinajstić information content (AvgIpc) is 2.63. The van der Waals surface area contributed by atoms with Gasteiger partial charge in [-0.3, -0.25) is 4.79 Å². The molecule has 0 aromatic heterocycles. The Morgan fingerprint density at radius 2 is 2.06 bits per heavy atom. The molecule has 1 N–H and O–H groups in total. The molecule has 0 aromatic carbocycles. The average molecular weight is 244 g/mol. The van der Waals surface area contributed by atoms with Crippen molar-refractivity contribution in [1.29, 1.82) is 0 Å². The minimum Gasteiger partial charge on any atom is -0.351 e. The molecule has 2 aliphatic rings. The molecule has 2 fully saturated rings. The standard InChI is InChI=1S/C13H22ClNO/c1-8(14)10(16)15-11-12(2,3)9-5-6-13(11,4)7-9/h8-9,11H,5-7H2,1-4H3,(H,15,16). The fourth-order valence-electron chi connectivity index (χ4n) is 3.92.